The van der Waals surface area contributed by atoms with Crippen molar-refractivity contribution in [1.29, 1.82) is 0 Å². The molecular formula is C25H29N7O3. The third-order valence-electron chi connectivity index (χ3n) is 5.77. The number of nitrogens with zero attached hydrogens (tertiary/aromatic N) is 6. The SMILES string of the molecule is CCn1ncc(CN(C)C(=O)c2cc(-c3cnc(OCCNC)cn3)nc3ccc(O)cc23)c1C. The molecule has 0 fully saturated rings. The highest BCUT2D eigenvalue weighted by atomic mass is 16.5. The van der Waals surface area contributed by atoms with Gasteiger partial charge in [0.15, 0.2) is 0 Å². The van der Waals surface area contributed by atoms with Crippen LogP contribution < -0.4 is 10.1 Å². The van der Waals surface area contributed by atoms with Gasteiger partial charge >= 0.3 is 0 Å². The standard InChI is InChI=1S/C25H29N7O3/c1-5-32-16(2)17(12-29-32)15-31(4)25(34)20-11-22(30-21-7-6-18(33)10-19(20)21)23-13-28-24(14-27-23)35-9-8-26-3/h6-7,10-14,26,33H,5,8-9,15H2,1-4H3. The van der Waals surface area contributed by atoms with Crippen molar-refractivity contribution < 1.29 is 14.6 Å². The number of phenolic OH excluding ortho intramolecular Hbond substituents is 1. The van der Waals surface area contributed by atoms with Crippen molar-refractivity contribution in [3.05, 3.63) is 59.7 Å². The summed E-state index contributed by atoms with van der Waals surface area (Å²) in [6.45, 7) is 6.36. The summed E-state index contributed by atoms with van der Waals surface area (Å²) in [5.74, 6) is 0.272. The maximum atomic E-state index is 13.6. The van der Waals surface area contributed by atoms with Gasteiger partial charge in [0, 0.05) is 43.3 Å². The minimum absolute atomic E-state index is 0.0617. The van der Waals surface area contributed by atoms with Crippen LogP contribution in [0.4, 0.5) is 0 Å². The molecule has 0 aliphatic rings. The molecule has 10 heteroatoms. The lowest BCUT2D eigenvalue weighted by atomic mass is 10.0. The fourth-order valence-electron chi connectivity index (χ4n) is 3.79. The third kappa shape index (κ3) is 5.22. The average Bonchev–Trinajstić information content (AvgIpc) is 3.22. The van der Waals surface area contributed by atoms with Crippen LogP contribution >= 0.6 is 0 Å². The molecule has 0 atom stereocenters. The molecule has 0 aliphatic heterocycles. The molecule has 0 unspecified atom stereocenters. The van der Waals surface area contributed by atoms with Crippen LogP contribution in [0.1, 0.15) is 28.5 Å². The predicted molar refractivity (Wildman–Crippen MR) is 132 cm³/mol. The first-order chi connectivity index (χ1) is 16.9. The highest BCUT2D eigenvalue weighted by Crippen LogP contribution is 2.28. The zero-order valence-corrected chi connectivity index (χ0v) is 20.3. The van der Waals surface area contributed by atoms with Crippen molar-refractivity contribution in [3.8, 4) is 23.0 Å². The Labute approximate surface area is 203 Å². The molecule has 0 bridgehead atoms. The van der Waals surface area contributed by atoms with Crippen LogP contribution in [-0.2, 0) is 13.1 Å². The minimum atomic E-state index is -0.201. The van der Waals surface area contributed by atoms with Crippen LogP contribution in [-0.4, -0.2) is 67.9 Å². The maximum Gasteiger partial charge on any atom is 0.254 e. The van der Waals surface area contributed by atoms with Crippen LogP contribution in [0.25, 0.3) is 22.3 Å². The second kappa shape index (κ2) is 10.5. The number of benzene rings is 1. The average molecular weight is 476 g/mol. The lowest BCUT2D eigenvalue weighted by molar-refractivity contribution is 0.0787. The molecular weight excluding hydrogens is 446 g/mol. The first-order valence-corrected chi connectivity index (χ1v) is 11.4. The number of aryl methyl sites for hydroxylation is 1. The van der Waals surface area contributed by atoms with E-state index in [1.54, 1.807) is 48.6 Å². The van der Waals surface area contributed by atoms with E-state index in [1.807, 2.05) is 25.6 Å². The van der Waals surface area contributed by atoms with E-state index in [-0.39, 0.29) is 11.7 Å². The van der Waals surface area contributed by atoms with Crippen molar-refractivity contribution in [2.75, 3.05) is 27.2 Å². The molecule has 35 heavy (non-hydrogen) atoms. The molecule has 2 N–H and O–H groups in total. The van der Waals surface area contributed by atoms with Gasteiger partial charge in [0.05, 0.1) is 35.4 Å². The summed E-state index contributed by atoms with van der Waals surface area (Å²) < 4.78 is 7.44. The molecule has 3 heterocycles. The summed E-state index contributed by atoms with van der Waals surface area (Å²) in [6, 6.07) is 6.47. The zero-order chi connectivity index (χ0) is 24.9. The Hall–Kier alpha value is -4.05. The van der Waals surface area contributed by atoms with Gasteiger partial charge in [0.25, 0.3) is 5.91 Å². The number of ether oxygens (including phenoxy) is 1. The van der Waals surface area contributed by atoms with Crippen LogP contribution in [0.5, 0.6) is 11.6 Å². The van der Waals surface area contributed by atoms with E-state index in [0.717, 1.165) is 17.8 Å². The Bertz CT molecular complexity index is 1340. The lowest BCUT2D eigenvalue weighted by Crippen LogP contribution is -2.26. The number of amides is 1. The van der Waals surface area contributed by atoms with E-state index in [4.69, 9.17) is 4.74 Å². The molecule has 4 rings (SSSR count). The third-order valence-corrected chi connectivity index (χ3v) is 5.77. The molecule has 3 aromatic heterocycles. The molecule has 0 saturated heterocycles. The molecule has 182 valence electrons. The molecule has 0 radical (unpaired) electrons. The normalized spacial score (nSPS) is 11.1. The quantitative estimate of drug-likeness (QED) is 0.355. The number of carbonyl (C=O) groups is 1. The monoisotopic (exact) mass is 475 g/mol. The Kier molecular flexibility index (Phi) is 7.21. The number of phenols is 1. The van der Waals surface area contributed by atoms with Crippen LogP contribution in [0.3, 0.4) is 0 Å². The highest BCUT2D eigenvalue weighted by Gasteiger charge is 2.20. The zero-order valence-electron chi connectivity index (χ0n) is 20.3. The molecule has 1 amide bonds. The topological polar surface area (TPSA) is 118 Å². The predicted octanol–water partition coefficient (Wildman–Crippen LogP) is 2.79. The first-order valence-electron chi connectivity index (χ1n) is 11.4. The molecule has 0 spiro atoms. The number of nitrogens with one attached hydrogen (secondary N) is 1. The Balaban J connectivity index is 1.67. The Morgan fingerprint density at radius 1 is 1.17 bits per heavy atom. The number of pyridine rings is 1. The number of carbonyl (C=O) groups excluding carboxylic acids is 1. The van der Waals surface area contributed by atoms with Gasteiger partial charge in [0.2, 0.25) is 5.88 Å². The van der Waals surface area contributed by atoms with E-state index in [0.29, 0.717) is 53.4 Å². The summed E-state index contributed by atoms with van der Waals surface area (Å²) >= 11 is 0. The van der Waals surface area contributed by atoms with Gasteiger partial charge in [0.1, 0.15) is 18.1 Å². The summed E-state index contributed by atoms with van der Waals surface area (Å²) in [5, 5.41) is 18.0. The smallest absolute Gasteiger partial charge is 0.254 e. The van der Waals surface area contributed by atoms with Gasteiger partial charge in [-0.1, -0.05) is 0 Å². The van der Waals surface area contributed by atoms with Crippen molar-refractivity contribution in [3.63, 3.8) is 0 Å². The highest BCUT2D eigenvalue weighted by molar-refractivity contribution is 6.07. The number of aromatic nitrogens is 5. The molecule has 0 saturated carbocycles. The van der Waals surface area contributed by atoms with Crippen molar-refractivity contribution in [1.82, 2.24) is 34.9 Å². The van der Waals surface area contributed by atoms with E-state index in [2.05, 4.69) is 25.4 Å². The molecule has 0 aliphatic carbocycles. The number of fused-ring (bicyclic) bond motifs is 1. The summed E-state index contributed by atoms with van der Waals surface area (Å²) in [7, 11) is 3.59. The van der Waals surface area contributed by atoms with Crippen LogP contribution in [0, 0.1) is 6.92 Å². The van der Waals surface area contributed by atoms with Crippen molar-refractivity contribution >= 4 is 16.8 Å². The minimum Gasteiger partial charge on any atom is -0.508 e. The van der Waals surface area contributed by atoms with Gasteiger partial charge in [-0.15, -0.1) is 0 Å². The Morgan fingerprint density at radius 3 is 2.69 bits per heavy atom. The molecule has 10 nitrogen and oxygen atoms in total. The fraction of sp³-hybridized carbons (Fsp3) is 0.320. The Morgan fingerprint density at radius 2 is 2.00 bits per heavy atom. The summed E-state index contributed by atoms with van der Waals surface area (Å²) in [4.78, 5) is 28.6. The molecule has 1 aromatic carbocycles. The number of likely N-dealkylation sites (N-methyl/N-ethyl adjacent to an activating group) is 1. The molecule has 4 aromatic rings. The van der Waals surface area contributed by atoms with Crippen LogP contribution in [0.15, 0.2) is 42.9 Å². The summed E-state index contributed by atoms with van der Waals surface area (Å²) in [6.07, 6.45) is 4.90. The number of aromatic hydroxyl groups is 1. The second-order valence-electron chi connectivity index (χ2n) is 8.18. The largest absolute Gasteiger partial charge is 0.508 e. The number of hydrogen-bond donors (Lipinski definition) is 2. The van der Waals surface area contributed by atoms with E-state index in [9.17, 15) is 9.90 Å². The number of hydrogen-bond acceptors (Lipinski definition) is 8. The van der Waals surface area contributed by atoms with Gasteiger partial charge in [-0.05, 0) is 45.2 Å². The van der Waals surface area contributed by atoms with Crippen LogP contribution in [0.2, 0.25) is 0 Å². The van der Waals surface area contributed by atoms with E-state index < -0.39 is 0 Å². The lowest BCUT2D eigenvalue weighted by Gasteiger charge is -2.19. The maximum absolute atomic E-state index is 13.6. The van der Waals surface area contributed by atoms with Gasteiger partial charge in [-0.25, -0.2) is 15.0 Å². The van der Waals surface area contributed by atoms with Crippen molar-refractivity contribution in [2.45, 2.75) is 26.9 Å². The van der Waals surface area contributed by atoms with E-state index >= 15 is 0 Å². The second-order valence-corrected chi connectivity index (χ2v) is 8.18. The van der Waals surface area contributed by atoms with Gasteiger partial charge in [-0.3, -0.25) is 9.48 Å². The summed E-state index contributed by atoms with van der Waals surface area (Å²) in [5.41, 5.74) is 4.01. The first kappa shape index (κ1) is 24.1. The van der Waals surface area contributed by atoms with Gasteiger partial charge < -0.3 is 20.1 Å². The van der Waals surface area contributed by atoms with Crippen molar-refractivity contribution in [2.24, 2.45) is 0 Å². The van der Waals surface area contributed by atoms with Gasteiger partial charge in [-0.2, -0.15) is 5.10 Å². The number of rotatable bonds is 9. The van der Waals surface area contributed by atoms with E-state index in [1.165, 1.54) is 6.20 Å². The fourth-order valence-corrected chi connectivity index (χ4v) is 3.79.